The molecule has 1 heterocycles. The van der Waals surface area contributed by atoms with Gasteiger partial charge in [-0.25, -0.2) is 9.00 Å². The van der Waals surface area contributed by atoms with Gasteiger partial charge in [-0.1, -0.05) is 17.7 Å². The monoisotopic (exact) mass is 330 g/mol. The molecular formula is C17H14O5S. The van der Waals surface area contributed by atoms with Crippen molar-refractivity contribution in [1.82, 2.24) is 0 Å². The van der Waals surface area contributed by atoms with Crippen LogP contribution in [0.15, 0.2) is 58.3 Å². The van der Waals surface area contributed by atoms with Gasteiger partial charge in [0.05, 0.1) is 21.3 Å². The summed E-state index contributed by atoms with van der Waals surface area (Å²) in [5, 5.41) is 20.3. The Morgan fingerprint density at radius 2 is 1.70 bits per heavy atom. The summed E-state index contributed by atoms with van der Waals surface area (Å²) in [6.45, 7) is 1.91. The van der Waals surface area contributed by atoms with Crippen LogP contribution in [0.2, 0.25) is 0 Å². The van der Waals surface area contributed by atoms with Crippen LogP contribution < -0.4 is 0 Å². The number of aryl methyl sites for hydroxylation is 1. The highest BCUT2D eigenvalue weighted by atomic mass is 32.2. The molecule has 23 heavy (non-hydrogen) atoms. The lowest BCUT2D eigenvalue weighted by molar-refractivity contribution is -0.138. The first-order valence-corrected chi connectivity index (χ1v) is 8.04. The Morgan fingerprint density at radius 1 is 1.04 bits per heavy atom. The molecule has 0 saturated carbocycles. The molecule has 0 radical (unpaired) electrons. The van der Waals surface area contributed by atoms with Crippen molar-refractivity contribution in [3.8, 4) is 11.5 Å². The van der Waals surface area contributed by atoms with E-state index in [9.17, 15) is 19.2 Å². The molecule has 0 spiro atoms. The quantitative estimate of drug-likeness (QED) is 0.668. The van der Waals surface area contributed by atoms with Crippen molar-refractivity contribution in [2.24, 2.45) is 0 Å². The van der Waals surface area contributed by atoms with Gasteiger partial charge in [-0.3, -0.25) is 0 Å². The summed E-state index contributed by atoms with van der Waals surface area (Å²) < 4.78 is 17.9. The molecule has 1 aliphatic heterocycles. The Bertz CT molecular complexity index is 824. The van der Waals surface area contributed by atoms with Gasteiger partial charge in [0.15, 0.2) is 6.10 Å². The molecule has 2 atom stereocenters. The zero-order valence-corrected chi connectivity index (χ0v) is 13.0. The van der Waals surface area contributed by atoms with E-state index in [1.54, 1.807) is 12.1 Å². The van der Waals surface area contributed by atoms with Crippen molar-refractivity contribution in [3.05, 3.63) is 59.7 Å². The maximum Gasteiger partial charge on any atom is 0.331 e. The summed E-state index contributed by atoms with van der Waals surface area (Å²) in [7, 11) is -1.73. The Hall–Kier alpha value is -2.60. The predicted molar refractivity (Wildman–Crippen MR) is 83.6 cm³/mol. The van der Waals surface area contributed by atoms with Crippen LogP contribution in [0.25, 0.3) is 0 Å². The van der Waals surface area contributed by atoms with Gasteiger partial charge < -0.3 is 14.9 Å². The van der Waals surface area contributed by atoms with E-state index in [0.717, 1.165) is 5.56 Å². The van der Waals surface area contributed by atoms with Crippen LogP contribution in [0.4, 0.5) is 0 Å². The van der Waals surface area contributed by atoms with E-state index in [0.29, 0.717) is 4.90 Å². The number of phenols is 2. The summed E-state index contributed by atoms with van der Waals surface area (Å²) >= 11 is 0. The molecular weight excluding hydrogens is 316 g/mol. The first kappa shape index (κ1) is 15.3. The lowest BCUT2D eigenvalue weighted by atomic mass is 10.1. The van der Waals surface area contributed by atoms with Crippen LogP contribution in [0.3, 0.4) is 0 Å². The van der Waals surface area contributed by atoms with E-state index < -0.39 is 22.9 Å². The first-order valence-electron chi connectivity index (χ1n) is 6.89. The maximum atomic E-state index is 12.9. The molecule has 1 aliphatic rings. The molecule has 0 aliphatic carbocycles. The highest BCUT2D eigenvalue weighted by molar-refractivity contribution is 7.85. The zero-order chi connectivity index (χ0) is 16.6. The number of esters is 1. The highest BCUT2D eigenvalue weighted by Crippen LogP contribution is 2.41. The minimum atomic E-state index is -1.73. The van der Waals surface area contributed by atoms with Crippen molar-refractivity contribution in [3.63, 3.8) is 0 Å². The molecule has 5 nitrogen and oxygen atoms in total. The molecule has 3 rings (SSSR count). The number of hydrogen-bond acceptors (Lipinski definition) is 5. The van der Waals surface area contributed by atoms with Gasteiger partial charge in [0.1, 0.15) is 11.5 Å². The summed E-state index contributed by atoms with van der Waals surface area (Å²) in [5.74, 6) is -0.972. The maximum absolute atomic E-state index is 12.9. The van der Waals surface area contributed by atoms with E-state index in [1.165, 1.54) is 24.3 Å². The van der Waals surface area contributed by atoms with E-state index in [1.807, 2.05) is 19.1 Å². The van der Waals surface area contributed by atoms with E-state index in [4.69, 9.17) is 4.74 Å². The Balaban J connectivity index is 2.13. The van der Waals surface area contributed by atoms with Crippen molar-refractivity contribution in [2.75, 3.05) is 0 Å². The molecule has 118 valence electrons. The molecule has 0 aromatic heterocycles. The molecule has 2 aromatic rings. The first-order chi connectivity index (χ1) is 11.0. The van der Waals surface area contributed by atoms with E-state index in [2.05, 4.69) is 0 Å². The Morgan fingerprint density at radius 3 is 2.30 bits per heavy atom. The average molecular weight is 330 g/mol. The summed E-state index contributed by atoms with van der Waals surface area (Å²) in [5.41, 5.74) is 1.14. The number of benzene rings is 2. The standard InChI is InChI=1S/C17H14O5S/c1-10-2-4-11(5-3-10)23(21)17-13(19)7-6-12(18)16(17)14-8-9-15(20)22-14/h2-9,14,18-19H,1H3/t14-,23?/m1/s1. The van der Waals surface area contributed by atoms with Crippen LogP contribution in [0, 0.1) is 6.92 Å². The number of hydrogen-bond donors (Lipinski definition) is 2. The number of phenolic OH excluding ortho intramolecular Hbond substituents is 2. The summed E-state index contributed by atoms with van der Waals surface area (Å²) in [4.78, 5) is 11.8. The van der Waals surface area contributed by atoms with E-state index in [-0.39, 0.29) is 22.0 Å². The number of aromatic hydroxyl groups is 2. The Labute approximate surface area is 135 Å². The topological polar surface area (TPSA) is 83.8 Å². The third-order valence-corrected chi connectivity index (χ3v) is 5.01. The average Bonchev–Trinajstić information content (AvgIpc) is 2.95. The van der Waals surface area contributed by atoms with Crippen LogP contribution in [0.5, 0.6) is 11.5 Å². The predicted octanol–water partition coefficient (Wildman–Crippen LogP) is 2.73. The van der Waals surface area contributed by atoms with Gasteiger partial charge in [-0.2, -0.15) is 0 Å². The molecule has 0 saturated heterocycles. The van der Waals surface area contributed by atoms with Crippen LogP contribution >= 0.6 is 0 Å². The molecule has 0 amide bonds. The van der Waals surface area contributed by atoms with Crippen molar-refractivity contribution in [2.45, 2.75) is 22.8 Å². The Kier molecular flexibility index (Phi) is 3.92. The van der Waals surface area contributed by atoms with Gasteiger partial charge in [0, 0.05) is 11.0 Å². The van der Waals surface area contributed by atoms with Gasteiger partial charge in [-0.15, -0.1) is 0 Å². The molecule has 2 aromatic carbocycles. The summed E-state index contributed by atoms with van der Waals surface area (Å²) in [6.07, 6.45) is 1.80. The fourth-order valence-electron chi connectivity index (χ4n) is 2.35. The van der Waals surface area contributed by atoms with Gasteiger partial charge in [-0.05, 0) is 37.3 Å². The molecule has 1 unspecified atom stereocenters. The number of rotatable bonds is 3. The smallest absolute Gasteiger partial charge is 0.331 e. The largest absolute Gasteiger partial charge is 0.507 e. The fourth-order valence-corrected chi connectivity index (χ4v) is 3.65. The van der Waals surface area contributed by atoms with Crippen molar-refractivity contribution in [1.29, 1.82) is 0 Å². The van der Waals surface area contributed by atoms with E-state index >= 15 is 0 Å². The summed E-state index contributed by atoms with van der Waals surface area (Å²) in [6, 6.07) is 9.54. The van der Waals surface area contributed by atoms with Crippen molar-refractivity contribution < 1.29 is 24.0 Å². The number of carbonyl (C=O) groups is 1. The minimum Gasteiger partial charge on any atom is -0.507 e. The normalized spacial score (nSPS) is 18.0. The van der Waals surface area contributed by atoms with Gasteiger partial charge in [0.25, 0.3) is 0 Å². The van der Waals surface area contributed by atoms with Crippen molar-refractivity contribution >= 4 is 16.8 Å². The van der Waals surface area contributed by atoms with Gasteiger partial charge >= 0.3 is 5.97 Å². The minimum absolute atomic E-state index is 0.0400. The second-order valence-electron chi connectivity index (χ2n) is 5.14. The number of ether oxygens (including phenoxy) is 1. The van der Waals surface area contributed by atoms with Crippen LogP contribution in [0.1, 0.15) is 17.2 Å². The van der Waals surface area contributed by atoms with Crippen LogP contribution in [-0.2, 0) is 20.3 Å². The molecule has 6 heteroatoms. The number of carbonyl (C=O) groups excluding carboxylic acids is 1. The lowest BCUT2D eigenvalue weighted by Gasteiger charge is -2.17. The number of cyclic esters (lactones) is 1. The molecule has 0 fully saturated rings. The molecule has 2 N–H and O–H groups in total. The second-order valence-corrected chi connectivity index (χ2v) is 6.56. The van der Waals surface area contributed by atoms with Crippen LogP contribution in [-0.4, -0.2) is 20.4 Å². The highest BCUT2D eigenvalue weighted by Gasteiger charge is 2.29. The zero-order valence-electron chi connectivity index (χ0n) is 12.2. The SMILES string of the molecule is Cc1ccc(S(=O)c2c(O)ccc(O)c2[C@H]2C=CC(=O)O2)cc1. The second kappa shape index (κ2) is 5.89. The lowest BCUT2D eigenvalue weighted by Crippen LogP contribution is -2.06. The van der Waals surface area contributed by atoms with Gasteiger partial charge in [0.2, 0.25) is 0 Å². The third-order valence-electron chi connectivity index (χ3n) is 3.51. The molecule has 0 bridgehead atoms. The third kappa shape index (κ3) is 2.85. The fraction of sp³-hybridized carbons (Fsp3) is 0.118.